The normalized spacial score (nSPS) is 20.1. The molecule has 2 heteroatoms. The molecule has 0 saturated carbocycles. The van der Waals surface area contributed by atoms with E-state index in [1.165, 1.54) is 65.0 Å². The summed E-state index contributed by atoms with van der Waals surface area (Å²) < 4.78 is 0. The summed E-state index contributed by atoms with van der Waals surface area (Å²) in [6.07, 6.45) is 11.7. The maximum absolute atomic E-state index is 13.8. The lowest BCUT2D eigenvalue weighted by Crippen LogP contribution is -2.25. The van der Waals surface area contributed by atoms with E-state index in [0.29, 0.717) is 5.78 Å². The number of hydrogen-bond acceptors (Lipinski definition) is 1. The van der Waals surface area contributed by atoms with Gasteiger partial charge >= 0.3 is 0 Å². The van der Waals surface area contributed by atoms with E-state index < -0.39 is 0 Å². The van der Waals surface area contributed by atoms with E-state index in [-0.39, 0.29) is 0 Å². The number of rotatable bonds is 0. The van der Waals surface area contributed by atoms with Crippen molar-refractivity contribution in [2.24, 2.45) is 0 Å². The molecule has 0 amide bonds. The van der Waals surface area contributed by atoms with Gasteiger partial charge in [-0.1, -0.05) is 32.8 Å². The Balaban J connectivity index is 1.74. The average molecular weight is 348 g/mol. The molecule has 1 heterocycles. The predicted octanol–water partition coefficient (Wildman–Crippen LogP) is 4.54. The number of carbonyl (C=O) groups excluding carboxylic acids is 1. The molecule has 0 bridgehead atoms. The van der Waals surface area contributed by atoms with Crippen molar-refractivity contribution in [1.82, 2.24) is 0 Å². The van der Waals surface area contributed by atoms with Crippen molar-refractivity contribution in [3.05, 3.63) is 63.2 Å². The molecule has 0 saturated heterocycles. The summed E-state index contributed by atoms with van der Waals surface area (Å²) in [5.41, 5.74) is 9.18. The highest BCUT2D eigenvalue weighted by atomic mass is 31.1. The largest absolute Gasteiger partial charge is 0.289 e. The number of ketones is 1. The third kappa shape index (κ3) is 2.59. The topological polar surface area (TPSA) is 17.1 Å². The van der Waals surface area contributed by atoms with Crippen molar-refractivity contribution in [3.8, 4) is 0 Å². The molecule has 0 spiro atoms. The fraction of sp³-hybridized carbons (Fsp3) is 0.435. The van der Waals surface area contributed by atoms with Gasteiger partial charge in [0.2, 0.25) is 0 Å². The fourth-order valence-electron chi connectivity index (χ4n) is 5.06. The van der Waals surface area contributed by atoms with Crippen LogP contribution in [0.1, 0.15) is 69.4 Å². The van der Waals surface area contributed by atoms with Crippen LogP contribution in [0, 0.1) is 0 Å². The number of hydrogen-bond donors (Lipinski definition) is 0. The van der Waals surface area contributed by atoms with Crippen molar-refractivity contribution in [2.75, 3.05) is 6.16 Å². The standard InChI is InChI=1S/C23H25OP/c24-23-21-17(10-9-15-5-1-3-7-18(15)21)13-14-25-20-12-11-16-6-2-4-8-19(16)22(20)23/h9-12,25H,1-8,13-14H2. The Hall–Kier alpha value is -1.46. The molecule has 0 radical (unpaired) electrons. The van der Waals surface area contributed by atoms with Crippen molar-refractivity contribution >= 4 is 19.7 Å². The van der Waals surface area contributed by atoms with Crippen LogP contribution in [0.2, 0.25) is 0 Å². The minimum atomic E-state index is 0.356. The molecule has 3 aliphatic rings. The molecule has 1 atom stereocenters. The van der Waals surface area contributed by atoms with Crippen LogP contribution in [-0.4, -0.2) is 11.9 Å². The molecule has 1 nitrogen and oxygen atoms in total. The summed E-state index contributed by atoms with van der Waals surface area (Å²) in [4.78, 5) is 13.8. The van der Waals surface area contributed by atoms with Crippen LogP contribution in [0.4, 0.5) is 0 Å². The second kappa shape index (κ2) is 6.36. The molecule has 1 unspecified atom stereocenters. The molecular formula is C23H25OP. The molecule has 0 fully saturated rings. The van der Waals surface area contributed by atoms with Gasteiger partial charge in [-0.15, -0.1) is 0 Å². The lowest BCUT2D eigenvalue weighted by Gasteiger charge is -2.27. The molecule has 25 heavy (non-hydrogen) atoms. The molecule has 2 aromatic rings. The smallest absolute Gasteiger partial charge is 0.194 e. The van der Waals surface area contributed by atoms with Crippen LogP contribution < -0.4 is 5.30 Å². The van der Waals surface area contributed by atoms with Gasteiger partial charge in [-0.05, 0) is 97.1 Å². The summed E-state index contributed by atoms with van der Waals surface area (Å²) in [6.45, 7) is 0. The third-order valence-corrected chi connectivity index (χ3v) is 7.61. The molecule has 2 aliphatic carbocycles. The van der Waals surface area contributed by atoms with E-state index in [9.17, 15) is 4.79 Å². The molecular weight excluding hydrogens is 323 g/mol. The van der Waals surface area contributed by atoms with Gasteiger partial charge in [0.1, 0.15) is 0 Å². The molecule has 2 aromatic carbocycles. The van der Waals surface area contributed by atoms with Gasteiger partial charge in [0.15, 0.2) is 5.78 Å². The Bertz CT molecular complexity index is 795. The van der Waals surface area contributed by atoms with Crippen molar-refractivity contribution in [2.45, 2.75) is 57.8 Å². The number of benzene rings is 2. The van der Waals surface area contributed by atoms with E-state index in [1.54, 1.807) is 0 Å². The van der Waals surface area contributed by atoms with Crippen LogP contribution >= 0.6 is 8.58 Å². The Labute approximate surface area is 152 Å². The van der Waals surface area contributed by atoms with Crippen LogP contribution in [-0.2, 0) is 32.1 Å². The highest BCUT2D eigenvalue weighted by Gasteiger charge is 2.28. The van der Waals surface area contributed by atoms with E-state index in [4.69, 9.17) is 0 Å². The minimum Gasteiger partial charge on any atom is -0.289 e. The molecule has 0 aromatic heterocycles. The summed E-state index contributed by atoms with van der Waals surface area (Å²) in [7, 11) is 0.769. The Morgan fingerprint density at radius 2 is 1.24 bits per heavy atom. The van der Waals surface area contributed by atoms with Crippen molar-refractivity contribution in [1.29, 1.82) is 0 Å². The zero-order valence-electron chi connectivity index (χ0n) is 14.8. The minimum absolute atomic E-state index is 0.356. The summed E-state index contributed by atoms with van der Waals surface area (Å²) in [6, 6.07) is 9.17. The van der Waals surface area contributed by atoms with Gasteiger partial charge in [0, 0.05) is 11.1 Å². The quantitative estimate of drug-likeness (QED) is 0.639. The molecule has 0 N–H and O–H groups in total. The van der Waals surface area contributed by atoms with Crippen LogP contribution in [0.25, 0.3) is 0 Å². The highest BCUT2D eigenvalue weighted by molar-refractivity contribution is 7.47. The predicted molar refractivity (Wildman–Crippen MR) is 106 cm³/mol. The van der Waals surface area contributed by atoms with E-state index in [1.807, 2.05) is 0 Å². The van der Waals surface area contributed by atoms with Crippen molar-refractivity contribution in [3.63, 3.8) is 0 Å². The molecule has 128 valence electrons. The van der Waals surface area contributed by atoms with Gasteiger partial charge in [0.25, 0.3) is 0 Å². The lowest BCUT2D eigenvalue weighted by atomic mass is 9.80. The zero-order chi connectivity index (χ0) is 16.8. The maximum Gasteiger partial charge on any atom is 0.194 e. The SMILES string of the molecule is O=C1c2c(ccc3c2CCCC3)CCPc2ccc3c(c21)CCCC3. The first kappa shape index (κ1) is 15.8. The molecule has 1 aliphatic heterocycles. The van der Waals surface area contributed by atoms with E-state index in [0.717, 1.165) is 51.8 Å². The van der Waals surface area contributed by atoms with Crippen molar-refractivity contribution < 1.29 is 4.79 Å². The van der Waals surface area contributed by atoms with Crippen LogP contribution in [0.5, 0.6) is 0 Å². The molecule has 5 rings (SSSR count). The Morgan fingerprint density at radius 3 is 2.00 bits per heavy atom. The average Bonchev–Trinajstić information content (AvgIpc) is 2.65. The Kier molecular flexibility index (Phi) is 4.01. The second-order valence-corrected chi connectivity index (χ2v) is 9.18. The van der Waals surface area contributed by atoms with Crippen LogP contribution in [0.3, 0.4) is 0 Å². The highest BCUT2D eigenvalue weighted by Crippen LogP contribution is 2.35. The first-order valence-corrected chi connectivity index (χ1v) is 11.1. The van der Waals surface area contributed by atoms with Gasteiger partial charge in [0.05, 0.1) is 0 Å². The summed E-state index contributed by atoms with van der Waals surface area (Å²) in [5.74, 6) is 0.356. The second-order valence-electron chi connectivity index (χ2n) is 7.78. The van der Waals surface area contributed by atoms with E-state index >= 15 is 0 Å². The van der Waals surface area contributed by atoms with E-state index in [2.05, 4.69) is 24.3 Å². The number of carbonyl (C=O) groups is 1. The summed E-state index contributed by atoms with van der Waals surface area (Å²) in [5, 5.41) is 1.34. The van der Waals surface area contributed by atoms with Gasteiger partial charge in [-0.25, -0.2) is 0 Å². The van der Waals surface area contributed by atoms with Gasteiger partial charge in [-0.3, -0.25) is 4.79 Å². The van der Waals surface area contributed by atoms with Gasteiger partial charge < -0.3 is 0 Å². The zero-order valence-corrected chi connectivity index (χ0v) is 15.8. The van der Waals surface area contributed by atoms with Crippen LogP contribution in [0.15, 0.2) is 24.3 Å². The number of fused-ring (bicyclic) bond motifs is 6. The van der Waals surface area contributed by atoms with Gasteiger partial charge in [-0.2, -0.15) is 0 Å². The lowest BCUT2D eigenvalue weighted by molar-refractivity contribution is 0.103. The first-order chi connectivity index (χ1) is 12.3. The Morgan fingerprint density at radius 1 is 0.640 bits per heavy atom. The monoisotopic (exact) mass is 348 g/mol. The third-order valence-electron chi connectivity index (χ3n) is 6.32. The maximum atomic E-state index is 13.8. The number of aryl methyl sites for hydroxylation is 3. The fourth-order valence-corrected chi connectivity index (χ4v) is 6.37. The first-order valence-electron chi connectivity index (χ1n) is 9.90. The summed E-state index contributed by atoms with van der Waals surface area (Å²) >= 11 is 0.